The molecular formula is C22H17NO3. The number of hydrogen-bond donors (Lipinski definition) is 0. The molecule has 4 nitrogen and oxygen atoms in total. The highest BCUT2D eigenvalue weighted by Gasteiger charge is 2.12. The van der Waals surface area contributed by atoms with Crippen molar-refractivity contribution >= 4 is 17.1 Å². The molecule has 0 atom stereocenters. The lowest BCUT2D eigenvalue weighted by atomic mass is 10.1. The van der Waals surface area contributed by atoms with E-state index < -0.39 is 0 Å². The Morgan fingerprint density at radius 2 is 1.77 bits per heavy atom. The molecule has 128 valence electrons. The van der Waals surface area contributed by atoms with Gasteiger partial charge in [-0.3, -0.25) is 4.79 Å². The van der Waals surface area contributed by atoms with Crippen molar-refractivity contribution in [2.24, 2.45) is 0 Å². The van der Waals surface area contributed by atoms with Gasteiger partial charge < -0.3 is 9.15 Å². The first-order chi connectivity index (χ1) is 12.7. The van der Waals surface area contributed by atoms with Crippen LogP contribution in [0.2, 0.25) is 0 Å². The zero-order valence-electron chi connectivity index (χ0n) is 14.3. The van der Waals surface area contributed by atoms with Crippen LogP contribution in [0, 0.1) is 6.92 Å². The van der Waals surface area contributed by atoms with E-state index in [1.165, 1.54) is 0 Å². The van der Waals surface area contributed by atoms with E-state index in [0.717, 1.165) is 39.8 Å². The van der Waals surface area contributed by atoms with Crippen LogP contribution < -0.4 is 4.74 Å². The molecule has 0 saturated carbocycles. The van der Waals surface area contributed by atoms with Crippen LogP contribution in [0.5, 0.6) is 5.75 Å². The highest BCUT2D eigenvalue weighted by molar-refractivity contribution is 5.89. The minimum absolute atomic E-state index is 0.333. The second-order valence-corrected chi connectivity index (χ2v) is 6.06. The van der Waals surface area contributed by atoms with E-state index in [4.69, 9.17) is 9.15 Å². The number of carbonyl (C=O) groups is 1. The zero-order valence-corrected chi connectivity index (χ0v) is 14.3. The van der Waals surface area contributed by atoms with Crippen LogP contribution in [0.15, 0.2) is 71.1 Å². The summed E-state index contributed by atoms with van der Waals surface area (Å²) < 4.78 is 11.7. The van der Waals surface area contributed by atoms with Gasteiger partial charge in [0.15, 0.2) is 0 Å². The molecule has 26 heavy (non-hydrogen) atoms. The number of fused-ring (bicyclic) bond motifs is 1. The SMILES string of the molecule is Cc1oc(-c2ccccc2)nc1COc1ccc2cc(C=O)ccc2c1. The number of aromatic nitrogens is 1. The second-order valence-electron chi connectivity index (χ2n) is 6.06. The fourth-order valence-corrected chi connectivity index (χ4v) is 2.82. The van der Waals surface area contributed by atoms with Crippen molar-refractivity contribution in [3.05, 3.63) is 83.7 Å². The van der Waals surface area contributed by atoms with Crippen LogP contribution in [0.3, 0.4) is 0 Å². The maximum absolute atomic E-state index is 10.9. The van der Waals surface area contributed by atoms with E-state index in [0.29, 0.717) is 18.1 Å². The van der Waals surface area contributed by atoms with Gasteiger partial charge in [-0.05, 0) is 48.0 Å². The number of oxazole rings is 1. The third-order valence-corrected chi connectivity index (χ3v) is 4.26. The molecule has 0 aliphatic carbocycles. The summed E-state index contributed by atoms with van der Waals surface area (Å²) >= 11 is 0. The topological polar surface area (TPSA) is 52.3 Å². The molecular weight excluding hydrogens is 326 g/mol. The normalized spacial score (nSPS) is 10.8. The number of aldehydes is 1. The fourth-order valence-electron chi connectivity index (χ4n) is 2.82. The average Bonchev–Trinajstić information content (AvgIpc) is 3.07. The van der Waals surface area contributed by atoms with Gasteiger partial charge in [-0.25, -0.2) is 4.98 Å². The standard InChI is InChI=1S/C22H17NO3/c1-15-21(23-22(26-15)17-5-3-2-4-6-17)14-25-20-10-9-18-11-16(13-24)7-8-19(18)12-20/h2-13H,14H2,1H3. The molecule has 0 radical (unpaired) electrons. The molecule has 0 saturated heterocycles. The summed E-state index contributed by atoms with van der Waals surface area (Å²) in [5.41, 5.74) is 2.39. The Bertz CT molecular complexity index is 1070. The van der Waals surface area contributed by atoms with Crippen LogP contribution in [0.1, 0.15) is 21.8 Å². The Labute approximate surface area is 151 Å². The maximum Gasteiger partial charge on any atom is 0.226 e. The lowest BCUT2D eigenvalue weighted by Crippen LogP contribution is -1.97. The number of benzene rings is 3. The molecule has 0 unspecified atom stereocenters. The van der Waals surface area contributed by atoms with Crippen LogP contribution >= 0.6 is 0 Å². The van der Waals surface area contributed by atoms with Crippen molar-refractivity contribution in [3.8, 4) is 17.2 Å². The van der Waals surface area contributed by atoms with E-state index in [2.05, 4.69) is 4.98 Å². The summed E-state index contributed by atoms with van der Waals surface area (Å²) in [7, 11) is 0. The molecule has 0 amide bonds. The van der Waals surface area contributed by atoms with E-state index >= 15 is 0 Å². The molecule has 0 aliphatic rings. The molecule has 0 fully saturated rings. The van der Waals surface area contributed by atoms with Gasteiger partial charge in [0.1, 0.15) is 30.1 Å². The summed E-state index contributed by atoms with van der Waals surface area (Å²) in [4.78, 5) is 15.4. The van der Waals surface area contributed by atoms with Crippen molar-refractivity contribution < 1.29 is 13.9 Å². The smallest absolute Gasteiger partial charge is 0.226 e. The van der Waals surface area contributed by atoms with Gasteiger partial charge in [-0.15, -0.1) is 0 Å². The van der Waals surface area contributed by atoms with E-state index in [-0.39, 0.29) is 0 Å². The number of aryl methyl sites for hydroxylation is 1. The van der Waals surface area contributed by atoms with E-state index in [1.54, 1.807) is 6.07 Å². The fraction of sp³-hybridized carbons (Fsp3) is 0.0909. The van der Waals surface area contributed by atoms with Crippen molar-refractivity contribution in [2.45, 2.75) is 13.5 Å². The predicted molar refractivity (Wildman–Crippen MR) is 100 cm³/mol. The summed E-state index contributed by atoms with van der Waals surface area (Å²) in [6, 6.07) is 21.2. The summed E-state index contributed by atoms with van der Waals surface area (Å²) in [6.45, 7) is 2.22. The monoisotopic (exact) mass is 343 g/mol. The molecule has 1 aromatic heterocycles. The van der Waals surface area contributed by atoms with Gasteiger partial charge in [0.2, 0.25) is 5.89 Å². The van der Waals surface area contributed by atoms with Crippen LogP contribution in [0.4, 0.5) is 0 Å². The van der Waals surface area contributed by atoms with Crippen LogP contribution in [0.25, 0.3) is 22.2 Å². The summed E-state index contributed by atoms with van der Waals surface area (Å²) in [5, 5.41) is 2.03. The van der Waals surface area contributed by atoms with Gasteiger partial charge in [0.05, 0.1) is 0 Å². The van der Waals surface area contributed by atoms with Gasteiger partial charge in [-0.1, -0.05) is 36.4 Å². The third kappa shape index (κ3) is 3.22. The Balaban J connectivity index is 1.53. The molecule has 4 aromatic rings. The molecule has 4 heteroatoms. The molecule has 0 spiro atoms. The first-order valence-corrected chi connectivity index (χ1v) is 8.36. The Morgan fingerprint density at radius 1 is 1.00 bits per heavy atom. The number of carbonyl (C=O) groups excluding carboxylic acids is 1. The number of hydrogen-bond acceptors (Lipinski definition) is 4. The third-order valence-electron chi connectivity index (χ3n) is 4.26. The molecule has 1 heterocycles. The Morgan fingerprint density at radius 3 is 2.58 bits per heavy atom. The number of nitrogens with zero attached hydrogens (tertiary/aromatic N) is 1. The average molecular weight is 343 g/mol. The summed E-state index contributed by atoms with van der Waals surface area (Å²) in [6.07, 6.45) is 0.849. The molecule has 0 N–H and O–H groups in total. The van der Waals surface area contributed by atoms with Crippen LogP contribution in [-0.4, -0.2) is 11.3 Å². The molecule has 0 bridgehead atoms. The number of rotatable bonds is 5. The van der Waals surface area contributed by atoms with Crippen molar-refractivity contribution in [3.63, 3.8) is 0 Å². The molecule has 3 aromatic carbocycles. The molecule has 4 rings (SSSR count). The van der Waals surface area contributed by atoms with Gasteiger partial charge >= 0.3 is 0 Å². The van der Waals surface area contributed by atoms with Crippen molar-refractivity contribution in [1.29, 1.82) is 0 Å². The highest BCUT2D eigenvalue weighted by Crippen LogP contribution is 2.25. The lowest BCUT2D eigenvalue weighted by molar-refractivity contribution is 0.112. The minimum Gasteiger partial charge on any atom is -0.487 e. The Kier molecular flexibility index (Phi) is 4.23. The van der Waals surface area contributed by atoms with E-state index in [9.17, 15) is 4.79 Å². The Hall–Kier alpha value is -3.40. The van der Waals surface area contributed by atoms with Gasteiger partial charge in [0.25, 0.3) is 0 Å². The first kappa shape index (κ1) is 16.1. The molecule has 0 aliphatic heterocycles. The largest absolute Gasteiger partial charge is 0.487 e. The maximum atomic E-state index is 10.9. The van der Waals surface area contributed by atoms with Crippen molar-refractivity contribution in [1.82, 2.24) is 4.98 Å². The predicted octanol–water partition coefficient (Wildman–Crippen LogP) is 5.19. The minimum atomic E-state index is 0.333. The van der Waals surface area contributed by atoms with Gasteiger partial charge in [-0.2, -0.15) is 0 Å². The second kappa shape index (κ2) is 6.84. The van der Waals surface area contributed by atoms with Crippen molar-refractivity contribution in [2.75, 3.05) is 0 Å². The van der Waals surface area contributed by atoms with Crippen LogP contribution in [-0.2, 0) is 6.61 Å². The summed E-state index contributed by atoms with van der Waals surface area (Å²) in [5.74, 6) is 2.10. The first-order valence-electron chi connectivity index (χ1n) is 8.36. The van der Waals surface area contributed by atoms with Gasteiger partial charge in [0, 0.05) is 11.1 Å². The number of ether oxygens (including phenoxy) is 1. The zero-order chi connectivity index (χ0) is 17.9. The highest BCUT2D eigenvalue weighted by atomic mass is 16.5. The van der Waals surface area contributed by atoms with E-state index in [1.807, 2.05) is 67.6 Å². The quantitative estimate of drug-likeness (QED) is 0.468. The lowest BCUT2D eigenvalue weighted by Gasteiger charge is -2.06.